The highest BCUT2D eigenvalue weighted by Gasteiger charge is 2.28. The predicted octanol–water partition coefficient (Wildman–Crippen LogP) is 0.594. The monoisotopic (exact) mass is 495 g/mol. The van der Waals surface area contributed by atoms with E-state index in [1.54, 1.807) is 37.1 Å². The van der Waals surface area contributed by atoms with Gasteiger partial charge in [-0.05, 0) is 31.0 Å². The molecule has 186 valence electrons. The Labute approximate surface area is 202 Å². The summed E-state index contributed by atoms with van der Waals surface area (Å²) in [6.45, 7) is 2.90. The summed E-state index contributed by atoms with van der Waals surface area (Å²) in [7, 11) is 1.57. The van der Waals surface area contributed by atoms with E-state index in [2.05, 4.69) is 20.7 Å². The van der Waals surface area contributed by atoms with Crippen LogP contribution in [0.5, 0.6) is 0 Å². The van der Waals surface area contributed by atoms with Crippen molar-refractivity contribution >= 4 is 34.5 Å². The van der Waals surface area contributed by atoms with E-state index in [4.69, 9.17) is 4.42 Å². The number of hydrogen-bond acceptors (Lipinski definition) is 7. The van der Waals surface area contributed by atoms with Gasteiger partial charge in [0, 0.05) is 32.7 Å². The summed E-state index contributed by atoms with van der Waals surface area (Å²) in [6.07, 6.45) is 1.80. The third-order valence-corrected chi connectivity index (χ3v) is 6.09. The third kappa shape index (κ3) is 4.08. The Hall–Kier alpha value is -4.55. The number of oxazole rings is 1. The molecule has 4 aromatic rings. The quantitative estimate of drug-likeness (QED) is 0.399. The summed E-state index contributed by atoms with van der Waals surface area (Å²) >= 11 is 0. The van der Waals surface area contributed by atoms with Crippen molar-refractivity contribution in [3.63, 3.8) is 0 Å². The lowest BCUT2D eigenvalue weighted by Gasteiger charge is -2.33. The number of aromatic nitrogens is 4. The van der Waals surface area contributed by atoms with Gasteiger partial charge in [0.2, 0.25) is 5.91 Å². The molecule has 0 unspecified atom stereocenters. The van der Waals surface area contributed by atoms with Crippen molar-refractivity contribution in [2.75, 3.05) is 13.1 Å². The van der Waals surface area contributed by atoms with E-state index in [1.165, 1.54) is 10.6 Å². The maximum absolute atomic E-state index is 14.3. The van der Waals surface area contributed by atoms with Crippen LogP contribution in [0.25, 0.3) is 16.7 Å². The molecule has 3 amide bonds. The Morgan fingerprint density at radius 2 is 1.97 bits per heavy atom. The van der Waals surface area contributed by atoms with E-state index in [0.717, 1.165) is 17.1 Å². The van der Waals surface area contributed by atoms with E-state index in [9.17, 15) is 23.6 Å². The van der Waals surface area contributed by atoms with Crippen LogP contribution in [0.4, 0.5) is 4.39 Å². The molecule has 1 atom stereocenters. The molecule has 1 aliphatic rings. The number of aryl methyl sites for hydroxylation is 1. The molecule has 13 heteroatoms. The Morgan fingerprint density at radius 1 is 1.19 bits per heavy atom. The molecule has 12 nitrogen and oxygen atoms in total. The number of carbonyl (C=O) groups excluding carboxylic acids is 3. The normalized spacial score (nSPS) is 14.0. The number of amides is 3. The first-order chi connectivity index (χ1) is 17.2. The van der Waals surface area contributed by atoms with Crippen LogP contribution in [0.1, 0.15) is 39.9 Å². The number of rotatable bonds is 6. The molecule has 0 spiro atoms. The van der Waals surface area contributed by atoms with Crippen LogP contribution in [-0.4, -0.2) is 60.9 Å². The van der Waals surface area contributed by atoms with Gasteiger partial charge in [0.1, 0.15) is 17.4 Å². The van der Waals surface area contributed by atoms with Crippen LogP contribution in [-0.2, 0) is 18.4 Å². The Bertz CT molecular complexity index is 1580. The maximum Gasteiger partial charge on any atom is 0.419 e. The second-order valence-corrected chi connectivity index (χ2v) is 8.54. The molecular formula is C23H22FN7O5. The number of nitrogens with zero attached hydrogens (tertiary/aromatic N) is 5. The van der Waals surface area contributed by atoms with Crippen molar-refractivity contribution in [1.82, 2.24) is 34.7 Å². The molecule has 0 saturated carbocycles. The smallest absolute Gasteiger partial charge is 0.408 e. The second kappa shape index (κ2) is 8.91. The van der Waals surface area contributed by atoms with Gasteiger partial charge in [-0.15, -0.1) is 0 Å². The lowest BCUT2D eigenvalue weighted by atomic mass is 10.1. The van der Waals surface area contributed by atoms with Crippen molar-refractivity contribution in [1.29, 1.82) is 0 Å². The summed E-state index contributed by atoms with van der Waals surface area (Å²) in [6, 6.07) is 5.38. The first-order valence-corrected chi connectivity index (χ1v) is 11.2. The summed E-state index contributed by atoms with van der Waals surface area (Å²) in [5.41, 5.74) is 1.01. The summed E-state index contributed by atoms with van der Waals surface area (Å²) in [4.78, 5) is 55.6. The first-order valence-electron chi connectivity index (χ1n) is 11.2. The highest BCUT2D eigenvalue weighted by atomic mass is 19.1. The standard InChI is InChI=1S/C23H22FN7O5/c1-12(22(34)30-6-3-7-30)27-21(33)17-9-15(28-19-14(24)11-26-31(17)19)20(32)25-10-13-4-5-18-16(8-13)29(2)23(35)36-18/h4-5,8-9,11-12H,3,6-7,10H2,1-2H3,(H,25,32)(H,27,33)/t12-/m0/s1. The largest absolute Gasteiger partial charge is 0.419 e. The molecule has 1 fully saturated rings. The Balaban J connectivity index is 1.37. The molecule has 3 aromatic heterocycles. The van der Waals surface area contributed by atoms with Crippen molar-refractivity contribution in [3.8, 4) is 0 Å². The van der Waals surface area contributed by atoms with Gasteiger partial charge in [-0.2, -0.15) is 5.10 Å². The highest BCUT2D eigenvalue weighted by Crippen LogP contribution is 2.16. The summed E-state index contributed by atoms with van der Waals surface area (Å²) in [5.74, 6) is -2.89. The van der Waals surface area contributed by atoms with E-state index >= 15 is 0 Å². The lowest BCUT2D eigenvalue weighted by Crippen LogP contribution is -2.52. The van der Waals surface area contributed by atoms with Gasteiger partial charge < -0.3 is 20.0 Å². The average Bonchev–Trinajstić information content (AvgIpc) is 3.34. The van der Waals surface area contributed by atoms with Gasteiger partial charge >= 0.3 is 5.76 Å². The first kappa shape index (κ1) is 23.2. The lowest BCUT2D eigenvalue weighted by molar-refractivity contribution is -0.136. The molecule has 0 radical (unpaired) electrons. The minimum atomic E-state index is -0.812. The zero-order valence-corrected chi connectivity index (χ0v) is 19.4. The third-order valence-electron chi connectivity index (χ3n) is 6.09. The van der Waals surface area contributed by atoms with Crippen molar-refractivity contribution in [2.45, 2.75) is 25.9 Å². The highest BCUT2D eigenvalue weighted by molar-refractivity contribution is 6.00. The minimum absolute atomic E-state index is 0.0750. The molecule has 2 N–H and O–H groups in total. The van der Waals surface area contributed by atoms with Crippen LogP contribution in [0, 0.1) is 5.82 Å². The van der Waals surface area contributed by atoms with Gasteiger partial charge in [-0.25, -0.2) is 18.7 Å². The van der Waals surface area contributed by atoms with Gasteiger partial charge in [-0.3, -0.25) is 19.0 Å². The van der Waals surface area contributed by atoms with E-state index in [0.29, 0.717) is 29.8 Å². The SMILES string of the molecule is C[C@H](NC(=O)c1cc(C(=O)NCc2ccc3oc(=O)n(C)c3c2)nc2c(F)cnn12)C(=O)N1CCC1. The van der Waals surface area contributed by atoms with Crippen LogP contribution in [0.2, 0.25) is 0 Å². The van der Waals surface area contributed by atoms with Crippen LogP contribution in [0.15, 0.2) is 39.7 Å². The predicted molar refractivity (Wildman–Crippen MR) is 124 cm³/mol. The van der Waals surface area contributed by atoms with E-state index in [1.807, 2.05) is 0 Å². The molecule has 1 aromatic carbocycles. The zero-order chi connectivity index (χ0) is 25.6. The van der Waals surface area contributed by atoms with Crippen LogP contribution >= 0.6 is 0 Å². The molecule has 1 aliphatic heterocycles. The topological polar surface area (TPSA) is 144 Å². The summed E-state index contributed by atoms with van der Waals surface area (Å²) in [5, 5.41) is 9.10. The van der Waals surface area contributed by atoms with Crippen molar-refractivity contribution in [3.05, 3.63) is 63.8 Å². The fourth-order valence-electron chi connectivity index (χ4n) is 3.91. The van der Waals surface area contributed by atoms with Crippen molar-refractivity contribution in [2.24, 2.45) is 7.05 Å². The van der Waals surface area contributed by atoms with Crippen molar-refractivity contribution < 1.29 is 23.2 Å². The molecule has 5 rings (SSSR count). The Kier molecular flexibility index (Phi) is 5.74. The number of halogens is 1. The number of fused-ring (bicyclic) bond motifs is 2. The van der Waals surface area contributed by atoms with Crippen LogP contribution < -0.4 is 16.4 Å². The number of likely N-dealkylation sites (tertiary alicyclic amines) is 1. The fourth-order valence-corrected chi connectivity index (χ4v) is 3.91. The van der Waals surface area contributed by atoms with E-state index < -0.39 is 29.4 Å². The number of hydrogen-bond donors (Lipinski definition) is 2. The number of carbonyl (C=O) groups is 3. The number of benzene rings is 1. The molecule has 0 bridgehead atoms. The minimum Gasteiger partial charge on any atom is -0.408 e. The molecule has 0 aliphatic carbocycles. The fraction of sp³-hybridized carbons (Fsp3) is 0.304. The second-order valence-electron chi connectivity index (χ2n) is 8.54. The molecule has 1 saturated heterocycles. The van der Waals surface area contributed by atoms with Gasteiger partial charge in [0.25, 0.3) is 11.8 Å². The molecule has 36 heavy (non-hydrogen) atoms. The summed E-state index contributed by atoms with van der Waals surface area (Å²) < 4.78 is 21.7. The van der Waals surface area contributed by atoms with Gasteiger partial charge in [0.05, 0.1) is 11.7 Å². The zero-order valence-electron chi connectivity index (χ0n) is 19.4. The van der Waals surface area contributed by atoms with Gasteiger partial charge in [-0.1, -0.05) is 6.07 Å². The molecular weight excluding hydrogens is 473 g/mol. The average molecular weight is 495 g/mol. The van der Waals surface area contributed by atoms with Gasteiger partial charge in [0.15, 0.2) is 17.0 Å². The molecule has 4 heterocycles. The van der Waals surface area contributed by atoms with Crippen LogP contribution in [0.3, 0.4) is 0 Å². The Morgan fingerprint density at radius 3 is 2.69 bits per heavy atom. The maximum atomic E-state index is 14.3. The van der Waals surface area contributed by atoms with E-state index in [-0.39, 0.29) is 29.5 Å². The number of nitrogens with one attached hydrogen (secondary N) is 2.